The molecular weight excluding hydrogens is 286 g/mol. The van der Waals surface area contributed by atoms with Crippen LogP contribution in [0.25, 0.3) is 0 Å². The van der Waals surface area contributed by atoms with E-state index in [1.165, 1.54) is 4.31 Å². The normalized spacial score (nSPS) is 13.3. The molecule has 0 aliphatic carbocycles. The van der Waals surface area contributed by atoms with E-state index >= 15 is 0 Å². The summed E-state index contributed by atoms with van der Waals surface area (Å²) in [7, 11) is -1.67. The van der Waals surface area contributed by atoms with E-state index in [-0.39, 0.29) is 0 Å². The molecule has 0 aliphatic heterocycles. The van der Waals surface area contributed by atoms with Crippen molar-refractivity contribution in [1.29, 1.82) is 0 Å². The average Bonchev–Trinajstić information content (AvgIpc) is 2.32. The van der Waals surface area contributed by atoms with Crippen molar-refractivity contribution >= 4 is 10.2 Å². The third-order valence-corrected chi connectivity index (χ3v) is 4.98. The van der Waals surface area contributed by atoms with Crippen molar-refractivity contribution in [2.24, 2.45) is 11.8 Å². The Morgan fingerprint density at radius 1 is 0.952 bits per heavy atom. The van der Waals surface area contributed by atoms with E-state index in [0.29, 0.717) is 37.5 Å². The monoisotopic (exact) mass is 321 g/mol. The molecule has 0 aromatic heterocycles. The number of hydrogen-bond donors (Lipinski definition) is 1. The van der Waals surface area contributed by atoms with Gasteiger partial charge in [-0.3, -0.25) is 0 Å². The first kappa shape index (κ1) is 20.8. The van der Waals surface area contributed by atoms with Crippen LogP contribution in [0.15, 0.2) is 0 Å². The van der Waals surface area contributed by atoms with Crippen LogP contribution in [0.5, 0.6) is 0 Å². The summed E-state index contributed by atoms with van der Waals surface area (Å²) in [6.07, 6.45) is 0.825. The Kier molecular flexibility index (Phi) is 9.69. The van der Waals surface area contributed by atoms with Crippen molar-refractivity contribution in [3.05, 3.63) is 0 Å². The van der Waals surface area contributed by atoms with Crippen molar-refractivity contribution in [1.82, 2.24) is 13.9 Å². The molecule has 0 radical (unpaired) electrons. The molecule has 0 aromatic rings. The Labute approximate surface area is 132 Å². The maximum Gasteiger partial charge on any atom is 0.281 e. The second-order valence-corrected chi connectivity index (χ2v) is 8.93. The number of hydrogen-bond acceptors (Lipinski definition) is 3. The van der Waals surface area contributed by atoms with Gasteiger partial charge in [-0.15, -0.1) is 0 Å². The highest BCUT2D eigenvalue weighted by atomic mass is 32.2. The molecule has 0 fully saturated rings. The van der Waals surface area contributed by atoms with Gasteiger partial charge in [-0.2, -0.15) is 17.0 Å². The van der Waals surface area contributed by atoms with Crippen LogP contribution in [0, 0.1) is 11.8 Å². The summed E-state index contributed by atoms with van der Waals surface area (Å²) < 4.78 is 28.4. The molecule has 0 rings (SSSR count). The van der Waals surface area contributed by atoms with Crippen LogP contribution in [-0.2, 0) is 10.2 Å². The first-order chi connectivity index (χ1) is 9.57. The lowest BCUT2D eigenvalue weighted by Gasteiger charge is -2.30. The van der Waals surface area contributed by atoms with Crippen LogP contribution < -0.4 is 5.32 Å². The number of nitrogens with one attached hydrogen (secondary N) is 1. The van der Waals surface area contributed by atoms with Crippen molar-refractivity contribution in [2.75, 3.05) is 33.2 Å². The minimum atomic E-state index is -3.35. The highest BCUT2D eigenvalue weighted by Crippen LogP contribution is 2.13. The lowest BCUT2D eigenvalue weighted by Crippen LogP contribution is -2.45. The third-order valence-electron chi connectivity index (χ3n) is 3.06. The van der Waals surface area contributed by atoms with E-state index < -0.39 is 10.2 Å². The Morgan fingerprint density at radius 2 is 1.43 bits per heavy atom. The summed E-state index contributed by atoms with van der Waals surface area (Å²) in [4.78, 5) is 0. The second kappa shape index (κ2) is 9.77. The Balaban J connectivity index is 4.62. The maximum atomic E-state index is 12.7. The Morgan fingerprint density at radius 3 is 1.81 bits per heavy atom. The molecule has 0 amide bonds. The first-order valence-corrected chi connectivity index (χ1v) is 9.41. The highest BCUT2D eigenvalue weighted by molar-refractivity contribution is 7.86. The molecule has 0 atom stereocenters. The minimum Gasteiger partial charge on any atom is -0.314 e. The highest BCUT2D eigenvalue weighted by Gasteiger charge is 2.27. The zero-order chi connectivity index (χ0) is 16.6. The van der Waals surface area contributed by atoms with Crippen molar-refractivity contribution in [3.8, 4) is 0 Å². The van der Waals surface area contributed by atoms with Crippen LogP contribution >= 0.6 is 0 Å². The molecule has 0 bridgehead atoms. The smallest absolute Gasteiger partial charge is 0.281 e. The van der Waals surface area contributed by atoms with Gasteiger partial charge in [0.15, 0.2) is 0 Å². The predicted molar refractivity (Wildman–Crippen MR) is 90.6 cm³/mol. The van der Waals surface area contributed by atoms with E-state index in [1.54, 1.807) is 11.4 Å². The van der Waals surface area contributed by atoms with Gasteiger partial charge in [0.25, 0.3) is 10.2 Å². The van der Waals surface area contributed by atoms with Crippen molar-refractivity contribution < 1.29 is 8.42 Å². The molecule has 0 saturated heterocycles. The fraction of sp³-hybridized carbons (Fsp3) is 1.00. The fourth-order valence-corrected chi connectivity index (χ4v) is 3.81. The molecule has 0 unspecified atom stereocenters. The standard InChI is InChI=1S/C15H35N3O2S/c1-13(2)11-18(12-14(3)4)21(19,20)17(7)10-8-9-16-15(5)6/h13-16H,8-12H2,1-7H3. The SMILES string of the molecule is CC(C)CN(CC(C)C)S(=O)(=O)N(C)CCCNC(C)C. The summed E-state index contributed by atoms with van der Waals surface area (Å²) in [6.45, 7) is 14.9. The fourth-order valence-electron chi connectivity index (χ4n) is 2.08. The summed E-state index contributed by atoms with van der Waals surface area (Å²) in [5.74, 6) is 0.657. The number of nitrogens with zero attached hydrogens (tertiary/aromatic N) is 2. The van der Waals surface area contributed by atoms with Gasteiger partial charge in [0.2, 0.25) is 0 Å². The lowest BCUT2D eigenvalue weighted by molar-refractivity contribution is 0.304. The summed E-state index contributed by atoms with van der Waals surface area (Å²) >= 11 is 0. The minimum absolute atomic E-state index is 0.328. The summed E-state index contributed by atoms with van der Waals surface area (Å²) in [5.41, 5.74) is 0. The lowest BCUT2D eigenvalue weighted by atomic mass is 10.2. The third kappa shape index (κ3) is 8.76. The van der Waals surface area contributed by atoms with Gasteiger partial charge < -0.3 is 5.32 Å². The second-order valence-electron chi connectivity index (χ2n) is 6.90. The van der Waals surface area contributed by atoms with Gasteiger partial charge in [0.05, 0.1) is 0 Å². The Bertz CT molecular complexity index is 357. The quantitative estimate of drug-likeness (QED) is 0.593. The van der Waals surface area contributed by atoms with E-state index in [9.17, 15) is 8.42 Å². The van der Waals surface area contributed by atoms with Crippen molar-refractivity contribution in [2.45, 2.75) is 54.0 Å². The molecule has 128 valence electrons. The molecule has 1 N–H and O–H groups in total. The van der Waals surface area contributed by atoms with E-state index in [2.05, 4.69) is 46.9 Å². The maximum absolute atomic E-state index is 12.7. The molecular formula is C15H35N3O2S. The van der Waals surface area contributed by atoms with Crippen molar-refractivity contribution in [3.63, 3.8) is 0 Å². The van der Waals surface area contributed by atoms with Gasteiger partial charge >= 0.3 is 0 Å². The molecule has 0 saturated carbocycles. The van der Waals surface area contributed by atoms with Gasteiger partial charge in [-0.1, -0.05) is 41.5 Å². The van der Waals surface area contributed by atoms with Crippen LogP contribution in [0.2, 0.25) is 0 Å². The topological polar surface area (TPSA) is 52.7 Å². The molecule has 6 heteroatoms. The zero-order valence-corrected chi connectivity index (χ0v) is 15.7. The van der Waals surface area contributed by atoms with Gasteiger partial charge in [-0.05, 0) is 24.8 Å². The van der Waals surface area contributed by atoms with E-state index in [1.807, 2.05) is 0 Å². The van der Waals surface area contributed by atoms with Crippen LogP contribution in [0.1, 0.15) is 48.0 Å². The predicted octanol–water partition coefficient (Wildman–Crippen LogP) is 2.17. The molecule has 21 heavy (non-hydrogen) atoms. The molecule has 0 aliphatic rings. The van der Waals surface area contributed by atoms with E-state index in [4.69, 9.17) is 0 Å². The molecule has 0 aromatic carbocycles. The van der Waals surface area contributed by atoms with Gasteiger partial charge in [-0.25, -0.2) is 0 Å². The average molecular weight is 322 g/mol. The van der Waals surface area contributed by atoms with Crippen LogP contribution in [-0.4, -0.2) is 56.3 Å². The molecule has 0 spiro atoms. The van der Waals surface area contributed by atoms with Crippen LogP contribution in [0.3, 0.4) is 0 Å². The van der Waals surface area contributed by atoms with Crippen LogP contribution in [0.4, 0.5) is 0 Å². The first-order valence-electron chi connectivity index (χ1n) is 8.02. The number of rotatable bonds is 11. The van der Waals surface area contributed by atoms with Gasteiger partial charge in [0, 0.05) is 32.7 Å². The largest absolute Gasteiger partial charge is 0.314 e. The molecule has 5 nitrogen and oxygen atoms in total. The van der Waals surface area contributed by atoms with Gasteiger partial charge in [0.1, 0.15) is 0 Å². The Hall–Kier alpha value is -0.170. The summed E-state index contributed by atoms with van der Waals surface area (Å²) in [6, 6.07) is 0.435. The summed E-state index contributed by atoms with van der Waals surface area (Å²) in [5, 5.41) is 3.31. The van der Waals surface area contributed by atoms with E-state index in [0.717, 1.165) is 13.0 Å². The molecule has 0 heterocycles. The zero-order valence-electron chi connectivity index (χ0n) is 14.9.